The van der Waals surface area contributed by atoms with Gasteiger partial charge in [-0.25, -0.2) is 0 Å². The van der Waals surface area contributed by atoms with Gasteiger partial charge in [0.05, 0.1) is 11.0 Å². The molecule has 0 saturated heterocycles. The van der Waals surface area contributed by atoms with Crippen LogP contribution in [-0.4, -0.2) is 11.4 Å². The molecule has 0 N–H and O–H groups in total. The van der Waals surface area contributed by atoms with Gasteiger partial charge >= 0.3 is 6.85 Å². The molecule has 0 radical (unpaired) electrons. The summed E-state index contributed by atoms with van der Waals surface area (Å²) in [6.07, 6.45) is 2.41. The second kappa shape index (κ2) is 13.6. The number of benzene rings is 7. The zero-order valence-corrected chi connectivity index (χ0v) is 45.8. The number of anilines is 2. The molecule has 0 spiro atoms. The number of hydrogen-bond donors (Lipinski definition) is 0. The monoisotopic (exact) mass is 929 g/mol. The van der Waals surface area contributed by atoms with Crippen molar-refractivity contribution < 1.29 is 0 Å². The van der Waals surface area contributed by atoms with Crippen molar-refractivity contribution in [2.24, 2.45) is 0 Å². The first-order valence-corrected chi connectivity index (χ1v) is 26.8. The van der Waals surface area contributed by atoms with Crippen LogP contribution in [0.15, 0.2) is 109 Å². The van der Waals surface area contributed by atoms with Crippen molar-refractivity contribution in [3.63, 3.8) is 0 Å². The van der Waals surface area contributed by atoms with E-state index in [0.717, 1.165) is 0 Å². The molecular formula is C68H73BN2. The standard InChI is InChI=1S/C68H73BN2/c1-62(2,3)38-22-26-41(27-23-38)71-55-37-49-43(44-35-50-51(36-48(44)67(49,14)15)66(12,13)31-30-65(50,10)11)34-46(55)58-59-56(42-20-18-19-21-47(42)68(59,16)17)57-45-32-39(63(4,5)6)24-28-53(45)70-54-29-25-40(64(7,8)9)33-52(54)69(71)60(58)61(57)70/h18-29,32-37H,30-31H2,1-17H3. The molecule has 358 valence electrons. The molecule has 0 atom stereocenters. The molecule has 0 bridgehead atoms. The van der Waals surface area contributed by atoms with E-state index in [-0.39, 0.29) is 44.8 Å². The van der Waals surface area contributed by atoms with Gasteiger partial charge in [-0.3, -0.25) is 0 Å². The molecule has 5 aliphatic rings. The van der Waals surface area contributed by atoms with Crippen LogP contribution in [0.1, 0.15) is 181 Å². The summed E-state index contributed by atoms with van der Waals surface area (Å²) in [6, 6.07) is 44.7. The quantitative estimate of drug-likeness (QED) is 0.149. The molecule has 0 unspecified atom stereocenters. The third kappa shape index (κ3) is 5.84. The van der Waals surface area contributed by atoms with Gasteiger partial charge in [-0.05, 0) is 177 Å². The van der Waals surface area contributed by atoms with E-state index >= 15 is 0 Å². The van der Waals surface area contributed by atoms with E-state index in [4.69, 9.17) is 0 Å². The topological polar surface area (TPSA) is 8.17 Å². The van der Waals surface area contributed by atoms with E-state index in [1.807, 2.05) is 0 Å². The fourth-order valence-corrected chi connectivity index (χ4v) is 14.5. The molecule has 0 fully saturated rings. The van der Waals surface area contributed by atoms with Crippen LogP contribution in [0, 0.1) is 0 Å². The van der Waals surface area contributed by atoms with Crippen molar-refractivity contribution in [3.8, 4) is 39.1 Å². The SMILES string of the molecule is CC(C)(C)c1ccc(N2B3c4cc(C(C)(C)C)ccc4-n4c5ccc(C(C)(C)C)cc5c5c6c(c(c3c54)-c3cc4c(cc32)C(C)(C)c2cc3c(cc2-4)C(C)(C)CCC3(C)C)C(C)(C)c2ccccc2-6)cc1. The van der Waals surface area contributed by atoms with Gasteiger partial charge in [0.25, 0.3) is 0 Å². The third-order valence-corrected chi connectivity index (χ3v) is 18.9. The van der Waals surface area contributed by atoms with Gasteiger partial charge in [0.15, 0.2) is 0 Å². The molecule has 71 heavy (non-hydrogen) atoms. The summed E-state index contributed by atoms with van der Waals surface area (Å²) in [4.78, 5) is 2.80. The molecule has 8 aromatic rings. The van der Waals surface area contributed by atoms with Gasteiger partial charge in [0, 0.05) is 44.2 Å². The van der Waals surface area contributed by atoms with Crippen molar-refractivity contribution >= 4 is 51.0 Å². The Balaban J connectivity index is 1.25. The average Bonchev–Trinajstić information content (AvgIpc) is 3.85. The lowest BCUT2D eigenvalue weighted by atomic mass is 9.43. The molecule has 7 aromatic carbocycles. The fourth-order valence-electron chi connectivity index (χ4n) is 14.5. The summed E-state index contributed by atoms with van der Waals surface area (Å²) in [5, 5.41) is 2.77. The predicted octanol–water partition coefficient (Wildman–Crippen LogP) is 16.9. The van der Waals surface area contributed by atoms with Crippen molar-refractivity contribution in [3.05, 3.63) is 159 Å². The van der Waals surface area contributed by atoms with Crippen LogP contribution in [0.3, 0.4) is 0 Å². The van der Waals surface area contributed by atoms with E-state index in [2.05, 4.69) is 236 Å². The Morgan fingerprint density at radius 3 is 1.70 bits per heavy atom. The molecular weight excluding hydrogens is 856 g/mol. The average molecular weight is 929 g/mol. The van der Waals surface area contributed by atoms with Crippen LogP contribution in [0.5, 0.6) is 0 Å². The Bertz CT molecular complexity index is 3690. The lowest BCUT2D eigenvalue weighted by Crippen LogP contribution is -2.61. The van der Waals surface area contributed by atoms with E-state index in [1.54, 1.807) is 5.56 Å². The molecule has 2 nitrogen and oxygen atoms in total. The summed E-state index contributed by atoms with van der Waals surface area (Å²) in [6.45, 7) is 41.2. The minimum Gasteiger partial charge on any atom is -0.376 e. The smallest absolute Gasteiger partial charge is 0.333 e. The largest absolute Gasteiger partial charge is 0.376 e. The maximum Gasteiger partial charge on any atom is 0.333 e. The zero-order valence-electron chi connectivity index (χ0n) is 45.8. The Morgan fingerprint density at radius 1 is 0.465 bits per heavy atom. The molecule has 3 heteroatoms. The highest BCUT2D eigenvalue weighted by Crippen LogP contribution is 2.62. The number of nitrogens with zero attached hydrogens (tertiary/aromatic N) is 2. The summed E-state index contributed by atoms with van der Waals surface area (Å²) < 4.78 is 2.70. The van der Waals surface area contributed by atoms with Crippen molar-refractivity contribution in [1.82, 2.24) is 4.57 Å². The molecule has 2 aliphatic heterocycles. The van der Waals surface area contributed by atoms with Crippen molar-refractivity contribution in [1.29, 1.82) is 0 Å². The van der Waals surface area contributed by atoms with E-state index in [1.165, 1.54) is 141 Å². The van der Waals surface area contributed by atoms with E-state index < -0.39 is 0 Å². The summed E-state index contributed by atoms with van der Waals surface area (Å²) in [7, 11) is 0. The summed E-state index contributed by atoms with van der Waals surface area (Å²) in [5.74, 6) is 0. The number of rotatable bonds is 1. The fraction of sp³-hybridized carbons (Fsp3) is 0.382. The zero-order chi connectivity index (χ0) is 50.2. The van der Waals surface area contributed by atoms with Crippen LogP contribution in [0.25, 0.3) is 60.9 Å². The van der Waals surface area contributed by atoms with Gasteiger partial charge in [-0.1, -0.05) is 178 Å². The van der Waals surface area contributed by atoms with Crippen LogP contribution in [-0.2, 0) is 37.9 Å². The molecule has 1 aromatic heterocycles. The Morgan fingerprint density at radius 2 is 1.04 bits per heavy atom. The van der Waals surface area contributed by atoms with Gasteiger partial charge in [0.1, 0.15) is 0 Å². The maximum atomic E-state index is 2.80. The van der Waals surface area contributed by atoms with Gasteiger partial charge in [-0.2, -0.15) is 0 Å². The van der Waals surface area contributed by atoms with Crippen LogP contribution in [0.2, 0.25) is 0 Å². The number of aromatic nitrogens is 1. The minimum atomic E-state index is -0.265. The lowest BCUT2D eigenvalue weighted by molar-refractivity contribution is 0.331. The highest BCUT2D eigenvalue weighted by molar-refractivity contribution is 6.94. The van der Waals surface area contributed by atoms with Crippen molar-refractivity contribution in [2.45, 2.75) is 168 Å². The van der Waals surface area contributed by atoms with Crippen LogP contribution >= 0.6 is 0 Å². The minimum absolute atomic E-state index is 0.0109. The number of hydrogen-bond acceptors (Lipinski definition) is 1. The Kier molecular flexibility index (Phi) is 8.65. The normalized spacial score (nSPS) is 18.2. The predicted molar refractivity (Wildman–Crippen MR) is 306 cm³/mol. The Labute approximate surface area is 425 Å². The number of fused-ring (bicyclic) bond motifs is 17. The van der Waals surface area contributed by atoms with Gasteiger partial charge in [0.2, 0.25) is 0 Å². The first-order chi connectivity index (χ1) is 33.1. The second-order valence-electron chi connectivity index (χ2n) is 28.1. The molecule has 0 amide bonds. The molecule has 0 saturated carbocycles. The summed E-state index contributed by atoms with van der Waals surface area (Å²) in [5.41, 5.74) is 30.5. The van der Waals surface area contributed by atoms with Crippen LogP contribution < -0.4 is 15.7 Å². The molecule has 3 aliphatic carbocycles. The van der Waals surface area contributed by atoms with E-state index in [9.17, 15) is 0 Å². The second-order valence-corrected chi connectivity index (χ2v) is 28.1. The highest BCUT2D eigenvalue weighted by Gasteiger charge is 2.52. The highest BCUT2D eigenvalue weighted by atomic mass is 15.1. The molecule has 13 rings (SSSR count). The van der Waals surface area contributed by atoms with Crippen LogP contribution in [0.4, 0.5) is 11.4 Å². The van der Waals surface area contributed by atoms with Crippen molar-refractivity contribution in [2.75, 3.05) is 4.81 Å². The lowest BCUT2D eigenvalue weighted by Gasteiger charge is -2.44. The summed E-state index contributed by atoms with van der Waals surface area (Å²) >= 11 is 0. The first kappa shape index (κ1) is 45.1. The van der Waals surface area contributed by atoms with Gasteiger partial charge in [-0.15, -0.1) is 0 Å². The van der Waals surface area contributed by atoms with Gasteiger partial charge < -0.3 is 9.38 Å². The van der Waals surface area contributed by atoms with E-state index in [0.29, 0.717) is 0 Å². The third-order valence-electron chi connectivity index (χ3n) is 18.9. The Hall–Kier alpha value is -5.80. The first-order valence-electron chi connectivity index (χ1n) is 26.8. The maximum absolute atomic E-state index is 2.80. The molecule has 3 heterocycles.